The maximum Gasteiger partial charge on any atom is 0.404 e. The summed E-state index contributed by atoms with van der Waals surface area (Å²) >= 11 is 0. The normalized spacial score (nSPS) is 11.0. The van der Waals surface area contributed by atoms with Gasteiger partial charge in [-0.15, -0.1) is 0 Å². The van der Waals surface area contributed by atoms with Crippen molar-refractivity contribution in [1.29, 1.82) is 0 Å². The molecule has 0 atom stereocenters. The van der Waals surface area contributed by atoms with Gasteiger partial charge in [-0.2, -0.15) is 0 Å². The molecule has 0 aliphatic heterocycles. The van der Waals surface area contributed by atoms with Crippen molar-refractivity contribution in [2.75, 3.05) is 18.9 Å². The Hall–Kier alpha value is -4.15. The smallest absolute Gasteiger partial charge is 0.404 e. The lowest BCUT2D eigenvalue weighted by Crippen LogP contribution is -2.23. The van der Waals surface area contributed by atoms with Gasteiger partial charge in [0, 0.05) is 18.7 Å². The van der Waals surface area contributed by atoms with Gasteiger partial charge in [0.15, 0.2) is 23.1 Å². The molecule has 0 radical (unpaired) electrons. The number of nitrogens with two attached hydrogens (primary N) is 1. The molecule has 11 heteroatoms. The fourth-order valence-electron chi connectivity index (χ4n) is 3.31. The van der Waals surface area contributed by atoms with Crippen LogP contribution in [0.5, 0.6) is 5.75 Å². The molecule has 1 aromatic carbocycles. The Morgan fingerprint density at radius 1 is 1.26 bits per heavy atom. The summed E-state index contributed by atoms with van der Waals surface area (Å²) in [7, 11) is 0. The second-order valence-corrected chi connectivity index (χ2v) is 6.65. The summed E-state index contributed by atoms with van der Waals surface area (Å²) in [6.45, 7) is 3.12. The lowest BCUT2D eigenvalue weighted by atomic mass is 10.1. The number of hydrogen-bond acceptors (Lipinski definition) is 8. The molecule has 0 fully saturated rings. The maximum atomic E-state index is 10.6. The van der Waals surface area contributed by atoms with E-state index < -0.39 is 6.09 Å². The average molecular weight is 423 g/mol. The lowest BCUT2D eigenvalue weighted by molar-refractivity contribution is 0.193. The van der Waals surface area contributed by atoms with E-state index in [1.165, 1.54) is 0 Å². The van der Waals surface area contributed by atoms with E-state index >= 15 is 0 Å². The zero-order valence-electron chi connectivity index (χ0n) is 16.8. The zero-order chi connectivity index (χ0) is 21.8. The molecule has 160 valence electrons. The number of ether oxygens (including phenoxy) is 1. The highest BCUT2D eigenvalue weighted by molar-refractivity contribution is 5.95. The van der Waals surface area contributed by atoms with Crippen molar-refractivity contribution in [3.63, 3.8) is 0 Å². The van der Waals surface area contributed by atoms with E-state index in [0.717, 1.165) is 11.1 Å². The van der Waals surface area contributed by atoms with E-state index in [-0.39, 0.29) is 12.4 Å². The number of hydrogen-bond donors (Lipinski definition) is 3. The number of nitrogen functional groups attached to an aromatic ring is 1. The summed E-state index contributed by atoms with van der Waals surface area (Å²) < 4.78 is 12.6. The minimum absolute atomic E-state index is 0.140. The number of aromatic nitrogens is 5. The van der Waals surface area contributed by atoms with Gasteiger partial charge in [0.25, 0.3) is 0 Å². The summed E-state index contributed by atoms with van der Waals surface area (Å²) in [5.41, 5.74) is 9.23. The molecule has 0 saturated heterocycles. The minimum atomic E-state index is -1.07. The first kappa shape index (κ1) is 20.1. The quantitative estimate of drug-likeness (QED) is 0.363. The summed E-state index contributed by atoms with van der Waals surface area (Å²) in [5, 5.41) is 18.6. The van der Waals surface area contributed by atoms with Gasteiger partial charge >= 0.3 is 6.09 Å². The topological polar surface area (TPSA) is 154 Å². The van der Waals surface area contributed by atoms with Crippen LogP contribution in [0.15, 0.2) is 41.2 Å². The molecular weight excluding hydrogens is 402 g/mol. The van der Waals surface area contributed by atoms with Crippen molar-refractivity contribution in [3.8, 4) is 28.5 Å². The van der Waals surface area contributed by atoms with Crippen LogP contribution in [0.1, 0.15) is 13.3 Å². The number of amides is 1. The standard InChI is InChI=1S/C20H21N7O4/c1-2-27-17-13(30-10-6-9-22-20(28)29)11-23-14(12-7-4-3-5-8-12)15(17)24-19(27)16-18(21)26-31-25-16/h3-5,7-8,11,22H,2,6,9-10H2,1H3,(H2,21,26)(H,28,29). The first-order valence-corrected chi connectivity index (χ1v) is 9.72. The number of nitrogens with zero attached hydrogens (tertiary/aromatic N) is 5. The molecule has 4 N–H and O–H groups in total. The van der Waals surface area contributed by atoms with Crippen LogP contribution >= 0.6 is 0 Å². The zero-order valence-corrected chi connectivity index (χ0v) is 16.8. The molecule has 3 heterocycles. The monoisotopic (exact) mass is 423 g/mol. The Kier molecular flexibility index (Phi) is 5.65. The number of nitrogens with one attached hydrogen (secondary N) is 1. The van der Waals surface area contributed by atoms with Crippen LogP contribution in [0, 0.1) is 0 Å². The van der Waals surface area contributed by atoms with E-state index in [9.17, 15) is 4.79 Å². The van der Waals surface area contributed by atoms with Crippen LogP contribution in [-0.2, 0) is 6.54 Å². The number of anilines is 1. The summed E-state index contributed by atoms with van der Waals surface area (Å²) in [6.07, 6.45) is 1.09. The molecule has 0 bridgehead atoms. The van der Waals surface area contributed by atoms with E-state index in [0.29, 0.717) is 48.1 Å². The van der Waals surface area contributed by atoms with Crippen molar-refractivity contribution >= 4 is 22.9 Å². The van der Waals surface area contributed by atoms with Crippen LogP contribution in [0.4, 0.5) is 10.6 Å². The third-order valence-electron chi connectivity index (χ3n) is 4.68. The van der Waals surface area contributed by atoms with Gasteiger partial charge in [-0.3, -0.25) is 0 Å². The van der Waals surface area contributed by atoms with Gasteiger partial charge in [-0.1, -0.05) is 30.3 Å². The van der Waals surface area contributed by atoms with E-state index in [2.05, 4.69) is 20.6 Å². The van der Waals surface area contributed by atoms with Crippen molar-refractivity contribution < 1.29 is 19.3 Å². The Labute approximate surface area is 176 Å². The minimum Gasteiger partial charge on any atom is -0.490 e. The van der Waals surface area contributed by atoms with Crippen molar-refractivity contribution in [2.45, 2.75) is 19.9 Å². The first-order chi connectivity index (χ1) is 15.1. The third-order valence-corrected chi connectivity index (χ3v) is 4.68. The van der Waals surface area contributed by atoms with Crippen molar-refractivity contribution in [3.05, 3.63) is 36.5 Å². The fraction of sp³-hybridized carbons (Fsp3) is 0.250. The molecule has 0 unspecified atom stereocenters. The largest absolute Gasteiger partial charge is 0.490 e. The fourth-order valence-corrected chi connectivity index (χ4v) is 3.31. The molecule has 4 rings (SSSR count). The molecule has 1 amide bonds. The lowest BCUT2D eigenvalue weighted by Gasteiger charge is -2.12. The number of pyridine rings is 1. The summed E-state index contributed by atoms with van der Waals surface area (Å²) in [4.78, 5) is 20.0. The molecule has 0 saturated carbocycles. The van der Waals surface area contributed by atoms with Gasteiger partial charge < -0.3 is 25.5 Å². The molecule has 0 aliphatic carbocycles. The predicted molar refractivity (Wildman–Crippen MR) is 112 cm³/mol. The summed E-state index contributed by atoms with van der Waals surface area (Å²) in [6, 6.07) is 9.70. The van der Waals surface area contributed by atoms with E-state index in [1.54, 1.807) is 6.20 Å². The molecule has 11 nitrogen and oxygen atoms in total. The number of carboxylic acid groups (broad SMARTS) is 1. The average Bonchev–Trinajstić information content (AvgIpc) is 3.37. The molecule has 0 aliphatic rings. The molecule has 0 spiro atoms. The van der Waals surface area contributed by atoms with Crippen LogP contribution in [0.25, 0.3) is 33.8 Å². The molecule has 3 aromatic heterocycles. The summed E-state index contributed by atoms with van der Waals surface area (Å²) in [5.74, 6) is 1.17. The number of imidazole rings is 1. The van der Waals surface area contributed by atoms with Gasteiger partial charge in [0.05, 0.1) is 18.5 Å². The SMILES string of the molecule is CCn1c(-c2nonc2N)nc2c(-c3ccccc3)ncc(OCCCNC(=O)O)c21. The van der Waals surface area contributed by atoms with Crippen LogP contribution in [-0.4, -0.2) is 49.2 Å². The Balaban J connectivity index is 1.80. The predicted octanol–water partition coefficient (Wildman–Crippen LogP) is 2.79. The highest BCUT2D eigenvalue weighted by atomic mass is 16.6. The van der Waals surface area contributed by atoms with Crippen molar-refractivity contribution in [1.82, 2.24) is 30.2 Å². The van der Waals surface area contributed by atoms with E-state index in [4.69, 9.17) is 25.2 Å². The van der Waals surface area contributed by atoms with Crippen LogP contribution < -0.4 is 15.8 Å². The number of benzene rings is 1. The van der Waals surface area contributed by atoms with Gasteiger partial charge in [0.1, 0.15) is 11.0 Å². The first-order valence-electron chi connectivity index (χ1n) is 9.72. The molecule has 4 aromatic rings. The number of carbonyl (C=O) groups is 1. The van der Waals surface area contributed by atoms with Gasteiger partial charge in [0.2, 0.25) is 0 Å². The van der Waals surface area contributed by atoms with Crippen molar-refractivity contribution in [2.24, 2.45) is 0 Å². The maximum absolute atomic E-state index is 10.6. The highest BCUT2D eigenvalue weighted by Gasteiger charge is 2.23. The van der Waals surface area contributed by atoms with Crippen LogP contribution in [0.3, 0.4) is 0 Å². The third kappa shape index (κ3) is 3.97. The number of fused-ring (bicyclic) bond motifs is 1. The second kappa shape index (κ2) is 8.69. The molecule has 31 heavy (non-hydrogen) atoms. The van der Waals surface area contributed by atoms with Gasteiger partial charge in [-0.25, -0.2) is 19.4 Å². The Bertz CT molecular complexity index is 1200. The number of aryl methyl sites for hydroxylation is 1. The molecular formula is C20H21N7O4. The van der Waals surface area contributed by atoms with Gasteiger partial charge in [-0.05, 0) is 23.7 Å². The second-order valence-electron chi connectivity index (χ2n) is 6.65. The van der Waals surface area contributed by atoms with Crippen LogP contribution in [0.2, 0.25) is 0 Å². The number of rotatable bonds is 8. The Morgan fingerprint density at radius 3 is 2.74 bits per heavy atom. The highest BCUT2D eigenvalue weighted by Crippen LogP contribution is 2.36. The Morgan fingerprint density at radius 2 is 2.06 bits per heavy atom. The van der Waals surface area contributed by atoms with E-state index in [1.807, 2.05) is 41.8 Å².